The number of carbonyl (C=O) groups is 1. The van der Waals surface area contributed by atoms with Crippen LogP contribution >= 0.6 is 7.75 Å². The maximum Gasteiger partial charge on any atom is 0.459 e. The van der Waals surface area contributed by atoms with Crippen LogP contribution in [0.5, 0.6) is 11.6 Å². The number of aromatic hydroxyl groups is 1. The number of imidazole rings is 1. The van der Waals surface area contributed by atoms with Crippen LogP contribution in [0.15, 0.2) is 60.9 Å². The van der Waals surface area contributed by atoms with Crippen molar-refractivity contribution in [3.8, 4) is 11.6 Å². The molecule has 0 aliphatic heterocycles. The van der Waals surface area contributed by atoms with Crippen LogP contribution in [0.4, 0.5) is 5.95 Å². The van der Waals surface area contributed by atoms with E-state index < -0.39 is 19.8 Å². The number of hydrogen-bond donors (Lipinski definition) is 4. The van der Waals surface area contributed by atoms with Gasteiger partial charge in [0.1, 0.15) is 11.8 Å². The number of nitrogen functional groups attached to an aromatic ring is 1. The number of rotatable bonds is 9. The standard InChI is InChI=1S/C24H25N6O6P/c1-14(23(32)33)29-37(34,36-19-8-4-6-16-5-2-3-7-18(16)19)35-12-15-9-10-17(11-15)30-13-26-20-21(30)27-24(25)28-22(20)31/h2-10,13-15,17H,11-12H2,1H3,(H,29,34)(H,32,33)(H3,25,27,28,31)/t14?,15-,17+,37?/m1/s1. The van der Waals surface area contributed by atoms with Crippen LogP contribution in [0.2, 0.25) is 0 Å². The van der Waals surface area contributed by atoms with Gasteiger partial charge in [0, 0.05) is 11.3 Å². The molecule has 13 heteroatoms. The second kappa shape index (κ2) is 9.81. The average Bonchev–Trinajstić information content (AvgIpc) is 3.50. The highest BCUT2D eigenvalue weighted by atomic mass is 31.2. The molecule has 5 rings (SSSR count). The molecule has 0 radical (unpaired) electrons. The Balaban J connectivity index is 1.33. The van der Waals surface area contributed by atoms with Gasteiger partial charge in [0.2, 0.25) is 11.8 Å². The van der Waals surface area contributed by atoms with E-state index in [0.717, 1.165) is 10.8 Å². The fourth-order valence-electron chi connectivity index (χ4n) is 4.22. The van der Waals surface area contributed by atoms with Gasteiger partial charge in [-0.1, -0.05) is 48.6 Å². The summed E-state index contributed by atoms with van der Waals surface area (Å²) in [5.74, 6) is -1.41. The first-order valence-electron chi connectivity index (χ1n) is 11.5. The van der Waals surface area contributed by atoms with E-state index in [-0.39, 0.29) is 35.9 Å². The molecule has 2 aromatic carbocycles. The molecule has 2 unspecified atom stereocenters. The normalized spacial score (nSPS) is 19.7. The molecule has 2 heterocycles. The number of fused-ring (bicyclic) bond motifs is 2. The molecule has 1 aliphatic carbocycles. The van der Waals surface area contributed by atoms with Crippen molar-refractivity contribution >= 4 is 41.6 Å². The van der Waals surface area contributed by atoms with Gasteiger partial charge in [-0.05, 0) is 24.8 Å². The molecule has 12 nitrogen and oxygen atoms in total. The first-order valence-corrected chi connectivity index (χ1v) is 13.1. The summed E-state index contributed by atoms with van der Waals surface area (Å²) in [6.07, 6.45) is 5.93. The summed E-state index contributed by atoms with van der Waals surface area (Å²) in [5.41, 5.74) is 6.31. The smallest absolute Gasteiger partial charge is 0.459 e. The van der Waals surface area contributed by atoms with Gasteiger partial charge in [-0.3, -0.25) is 9.32 Å². The number of hydrogen-bond acceptors (Lipinski definition) is 9. The van der Waals surface area contributed by atoms with Crippen molar-refractivity contribution in [1.82, 2.24) is 24.6 Å². The van der Waals surface area contributed by atoms with Crippen LogP contribution in [-0.2, 0) is 13.9 Å². The molecular weight excluding hydrogens is 499 g/mol. The quantitative estimate of drug-likeness (QED) is 0.186. The summed E-state index contributed by atoms with van der Waals surface area (Å²) < 4.78 is 27.1. The maximum atomic E-state index is 13.7. The molecule has 0 bridgehead atoms. The molecule has 0 fully saturated rings. The Morgan fingerprint density at radius 3 is 2.84 bits per heavy atom. The van der Waals surface area contributed by atoms with E-state index in [4.69, 9.17) is 14.8 Å². The predicted octanol–water partition coefficient (Wildman–Crippen LogP) is 3.65. The number of anilines is 1. The molecule has 0 spiro atoms. The van der Waals surface area contributed by atoms with Crippen molar-refractivity contribution in [2.24, 2.45) is 5.92 Å². The average molecular weight is 524 g/mol. The predicted molar refractivity (Wildman–Crippen MR) is 136 cm³/mol. The highest BCUT2D eigenvalue weighted by Gasteiger charge is 2.34. The van der Waals surface area contributed by atoms with E-state index in [1.54, 1.807) is 23.0 Å². The number of nitrogens with one attached hydrogen (secondary N) is 1. The van der Waals surface area contributed by atoms with E-state index >= 15 is 0 Å². The maximum absolute atomic E-state index is 13.7. The van der Waals surface area contributed by atoms with Crippen molar-refractivity contribution in [1.29, 1.82) is 0 Å². The Morgan fingerprint density at radius 2 is 2.03 bits per heavy atom. The van der Waals surface area contributed by atoms with Crippen LogP contribution in [0.25, 0.3) is 21.9 Å². The van der Waals surface area contributed by atoms with Crippen molar-refractivity contribution in [2.45, 2.75) is 25.4 Å². The van der Waals surface area contributed by atoms with E-state index in [1.807, 2.05) is 42.5 Å². The molecule has 192 valence electrons. The lowest BCUT2D eigenvalue weighted by Crippen LogP contribution is -2.33. The molecule has 37 heavy (non-hydrogen) atoms. The minimum atomic E-state index is -4.09. The zero-order chi connectivity index (χ0) is 26.2. The summed E-state index contributed by atoms with van der Waals surface area (Å²) in [7, 11) is -4.09. The lowest BCUT2D eigenvalue weighted by atomic mass is 10.1. The van der Waals surface area contributed by atoms with Crippen LogP contribution in [0.1, 0.15) is 19.4 Å². The Bertz CT molecular complexity index is 1550. The molecule has 5 N–H and O–H groups in total. The van der Waals surface area contributed by atoms with Crippen molar-refractivity contribution in [2.75, 3.05) is 12.3 Å². The number of nitrogens with zero attached hydrogens (tertiary/aromatic N) is 4. The van der Waals surface area contributed by atoms with Gasteiger partial charge >= 0.3 is 13.7 Å². The number of nitrogens with two attached hydrogens (primary N) is 1. The summed E-state index contributed by atoms with van der Waals surface area (Å²) >= 11 is 0. The van der Waals surface area contributed by atoms with Crippen LogP contribution in [-0.4, -0.2) is 48.4 Å². The zero-order valence-electron chi connectivity index (χ0n) is 19.8. The van der Waals surface area contributed by atoms with Gasteiger partial charge in [-0.15, -0.1) is 0 Å². The minimum absolute atomic E-state index is 0.00336. The van der Waals surface area contributed by atoms with Gasteiger partial charge in [-0.2, -0.15) is 15.1 Å². The number of allylic oxidation sites excluding steroid dienone is 1. The zero-order valence-corrected chi connectivity index (χ0v) is 20.7. The minimum Gasteiger partial charge on any atom is -0.492 e. The lowest BCUT2D eigenvalue weighted by molar-refractivity contribution is -0.138. The molecule has 4 atom stereocenters. The van der Waals surface area contributed by atoms with E-state index in [1.165, 1.54) is 6.92 Å². The fraction of sp³-hybridized carbons (Fsp3) is 0.250. The number of aromatic nitrogens is 4. The highest BCUT2D eigenvalue weighted by molar-refractivity contribution is 7.52. The Hall–Kier alpha value is -3.99. The first kappa shape index (κ1) is 24.7. The summed E-state index contributed by atoms with van der Waals surface area (Å²) in [6, 6.07) is 11.4. The van der Waals surface area contributed by atoms with E-state index in [9.17, 15) is 19.6 Å². The highest BCUT2D eigenvalue weighted by Crippen LogP contribution is 2.47. The molecule has 0 saturated carbocycles. The fourth-order valence-corrected chi connectivity index (χ4v) is 5.79. The lowest BCUT2D eigenvalue weighted by Gasteiger charge is -2.24. The van der Waals surface area contributed by atoms with E-state index in [2.05, 4.69) is 20.0 Å². The second-order valence-corrected chi connectivity index (χ2v) is 10.4. The van der Waals surface area contributed by atoms with Crippen LogP contribution in [0.3, 0.4) is 0 Å². The number of aliphatic carboxylic acids is 1. The number of benzene rings is 2. The van der Waals surface area contributed by atoms with E-state index in [0.29, 0.717) is 17.8 Å². The van der Waals surface area contributed by atoms with Crippen molar-refractivity contribution in [3.05, 3.63) is 60.9 Å². The third-order valence-electron chi connectivity index (χ3n) is 6.08. The third kappa shape index (κ3) is 5.12. The van der Waals surface area contributed by atoms with Crippen molar-refractivity contribution in [3.63, 3.8) is 0 Å². The first-order chi connectivity index (χ1) is 17.7. The SMILES string of the molecule is CC(NP(=O)(OC[C@@H]1C=C[C@H](n2cnc3c(O)nc(N)nc32)C1)Oc1cccc2ccccc12)C(=O)O. The monoisotopic (exact) mass is 524 g/mol. The van der Waals surface area contributed by atoms with Crippen molar-refractivity contribution < 1.29 is 28.6 Å². The van der Waals surface area contributed by atoms with Gasteiger partial charge in [-0.25, -0.2) is 9.55 Å². The second-order valence-electron chi connectivity index (χ2n) is 8.73. The number of carboxylic acid groups (broad SMARTS) is 1. The molecule has 1 aliphatic rings. The largest absolute Gasteiger partial charge is 0.492 e. The van der Waals surface area contributed by atoms with Gasteiger partial charge in [0.05, 0.1) is 19.0 Å². The van der Waals surface area contributed by atoms with Crippen LogP contribution in [0, 0.1) is 5.92 Å². The molecule has 2 aromatic heterocycles. The molecular formula is C24H25N6O6P. The van der Waals surface area contributed by atoms with Gasteiger partial charge in [0.15, 0.2) is 11.2 Å². The van der Waals surface area contributed by atoms with Gasteiger partial charge in [0.25, 0.3) is 0 Å². The Labute approximate surface area is 211 Å². The Kier molecular flexibility index (Phi) is 6.55. The number of carboxylic acids is 1. The molecule has 0 amide bonds. The van der Waals surface area contributed by atoms with Crippen LogP contribution < -0.4 is 15.3 Å². The Morgan fingerprint density at radius 1 is 1.24 bits per heavy atom. The van der Waals surface area contributed by atoms with Gasteiger partial charge < -0.3 is 25.0 Å². The summed E-state index contributed by atoms with van der Waals surface area (Å²) in [4.78, 5) is 23.6. The summed E-state index contributed by atoms with van der Waals surface area (Å²) in [6.45, 7) is 1.37. The topological polar surface area (TPSA) is 175 Å². The summed E-state index contributed by atoms with van der Waals surface area (Å²) in [5, 5.41) is 23.5. The third-order valence-corrected chi connectivity index (χ3v) is 7.71. The molecule has 4 aromatic rings. The molecule has 0 saturated heterocycles.